The van der Waals surface area contributed by atoms with Gasteiger partial charge in [-0.3, -0.25) is 5.43 Å². The highest BCUT2D eigenvalue weighted by Gasteiger charge is 2.06. The highest BCUT2D eigenvalue weighted by atomic mass is 32.2. The molecule has 120 valence electrons. The Hall–Kier alpha value is -2.47. The van der Waals surface area contributed by atoms with E-state index in [1.807, 2.05) is 31.4 Å². The van der Waals surface area contributed by atoms with E-state index in [0.29, 0.717) is 0 Å². The van der Waals surface area contributed by atoms with Gasteiger partial charge in [0.2, 0.25) is 0 Å². The molecule has 5 nitrogen and oxygen atoms in total. The van der Waals surface area contributed by atoms with E-state index >= 15 is 0 Å². The molecule has 0 bridgehead atoms. The number of thioether (sulfide) groups is 1. The molecule has 0 spiro atoms. The van der Waals surface area contributed by atoms with E-state index < -0.39 is 5.97 Å². The van der Waals surface area contributed by atoms with Crippen LogP contribution in [-0.4, -0.2) is 30.2 Å². The minimum Gasteiger partial charge on any atom is -0.496 e. The van der Waals surface area contributed by atoms with Gasteiger partial charge >= 0.3 is 5.97 Å². The van der Waals surface area contributed by atoms with Crippen molar-refractivity contribution in [3.63, 3.8) is 0 Å². The maximum atomic E-state index is 10.8. The third kappa shape index (κ3) is 4.26. The van der Waals surface area contributed by atoms with Crippen molar-refractivity contribution in [3.8, 4) is 5.75 Å². The third-order valence-corrected chi connectivity index (χ3v) is 4.06. The molecule has 0 fully saturated rings. The molecule has 0 saturated carbocycles. The van der Waals surface area contributed by atoms with Crippen LogP contribution in [0, 0.1) is 0 Å². The minimum absolute atomic E-state index is 0.244. The van der Waals surface area contributed by atoms with E-state index in [-0.39, 0.29) is 5.56 Å². The van der Waals surface area contributed by atoms with Crippen LogP contribution in [0.15, 0.2) is 52.5 Å². The fourth-order valence-electron chi connectivity index (χ4n) is 1.96. The molecule has 0 heterocycles. The number of methoxy groups -OCH3 is 1. The summed E-state index contributed by atoms with van der Waals surface area (Å²) in [4.78, 5) is 11.9. The van der Waals surface area contributed by atoms with Crippen LogP contribution in [0.3, 0.4) is 0 Å². The molecule has 0 amide bonds. The summed E-state index contributed by atoms with van der Waals surface area (Å²) in [5, 5.41) is 13.2. The quantitative estimate of drug-likeness (QED) is 0.477. The number of nitrogens with one attached hydrogen (secondary N) is 1. The van der Waals surface area contributed by atoms with Gasteiger partial charge in [-0.15, -0.1) is 11.8 Å². The molecule has 0 radical (unpaired) electrons. The van der Waals surface area contributed by atoms with Crippen LogP contribution in [0.25, 0.3) is 0 Å². The van der Waals surface area contributed by atoms with E-state index in [9.17, 15) is 4.79 Å². The maximum Gasteiger partial charge on any atom is 0.335 e. The number of benzene rings is 2. The molecule has 2 rings (SSSR count). The van der Waals surface area contributed by atoms with Gasteiger partial charge in [0.1, 0.15) is 5.75 Å². The lowest BCUT2D eigenvalue weighted by Crippen LogP contribution is -2.01. The minimum atomic E-state index is -0.947. The molecule has 0 saturated heterocycles. The summed E-state index contributed by atoms with van der Waals surface area (Å²) in [7, 11) is 1.65. The summed E-state index contributed by atoms with van der Waals surface area (Å²) in [5.74, 6) is -0.132. The van der Waals surface area contributed by atoms with Crippen LogP contribution in [0.1, 0.15) is 22.8 Å². The molecule has 0 aliphatic carbocycles. The molecule has 6 heteroatoms. The van der Waals surface area contributed by atoms with Crippen molar-refractivity contribution >= 4 is 29.1 Å². The second kappa shape index (κ2) is 7.69. The first-order chi connectivity index (χ1) is 11.0. The van der Waals surface area contributed by atoms with Crippen LogP contribution >= 0.6 is 11.8 Å². The number of hydrogen-bond acceptors (Lipinski definition) is 5. The van der Waals surface area contributed by atoms with Gasteiger partial charge in [0, 0.05) is 10.5 Å². The largest absolute Gasteiger partial charge is 0.496 e. The van der Waals surface area contributed by atoms with Gasteiger partial charge in [0.25, 0.3) is 0 Å². The van der Waals surface area contributed by atoms with Crippen LogP contribution in [-0.2, 0) is 0 Å². The number of nitrogens with zero attached hydrogens (tertiary/aromatic N) is 1. The van der Waals surface area contributed by atoms with Gasteiger partial charge in [-0.1, -0.05) is 6.07 Å². The molecule has 0 unspecified atom stereocenters. The average molecular weight is 330 g/mol. The molecule has 0 aliphatic rings. The van der Waals surface area contributed by atoms with Crippen molar-refractivity contribution in [3.05, 3.63) is 53.6 Å². The number of anilines is 1. The van der Waals surface area contributed by atoms with E-state index in [1.54, 1.807) is 31.0 Å². The molecule has 0 aromatic heterocycles. The lowest BCUT2D eigenvalue weighted by Gasteiger charge is -2.09. The first-order valence-electron chi connectivity index (χ1n) is 6.91. The predicted octanol–water partition coefficient (Wildman–Crippen LogP) is 3.95. The number of carboxylic acids is 1. The normalized spacial score (nSPS) is 11.2. The SMILES string of the molecule is COc1cc(/C(C)=N/Nc2ccc(C(=O)O)cc2)ccc1SC. The summed E-state index contributed by atoms with van der Waals surface area (Å²) in [6, 6.07) is 12.4. The van der Waals surface area contributed by atoms with Gasteiger partial charge in [0.15, 0.2) is 0 Å². The monoisotopic (exact) mass is 330 g/mol. The number of hydrogen-bond donors (Lipinski definition) is 2. The zero-order valence-corrected chi connectivity index (χ0v) is 14.0. The van der Waals surface area contributed by atoms with Crippen molar-refractivity contribution in [1.29, 1.82) is 0 Å². The summed E-state index contributed by atoms with van der Waals surface area (Å²) in [6.45, 7) is 1.89. The average Bonchev–Trinajstić information content (AvgIpc) is 2.59. The Morgan fingerprint density at radius 2 is 1.83 bits per heavy atom. The summed E-state index contributed by atoms with van der Waals surface area (Å²) in [6.07, 6.45) is 2.00. The lowest BCUT2D eigenvalue weighted by atomic mass is 10.1. The van der Waals surface area contributed by atoms with E-state index in [0.717, 1.165) is 27.6 Å². The Balaban J connectivity index is 2.14. The third-order valence-electron chi connectivity index (χ3n) is 3.29. The fraction of sp³-hybridized carbons (Fsp3) is 0.176. The first-order valence-corrected chi connectivity index (χ1v) is 8.13. The van der Waals surface area contributed by atoms with Crippen LogP contribution in [0.2, 0.25) is 0 Å². The highest BCUT2D eigenvalue weighted by Crippen LogP contribution is 2.28. The standard InChI is InChI=1S/C17H18N2O3S/c1-11(13-6-9-16(23-3)15(10-13)22-2)18-19-14-7-4-12(5-8-14)17(20)21/h4-10,19H,1-3H3,(H,20,21)/b18-11+. The number of hydrazone groups is 1. The molecular formula is C17H18N2O3S. The summed E-state index contributed by atoms with van der Waals surface area (Å²) < 4.78 is 5.37. The van der Waals surface area contributed by atoms with Gasteiger partial charge in [-0.2, -0.15) is 5.10 Å². The van der Waals surface area contributed by atoms with Gasteiger partial charge in [0.05, 0.1) is 24.1 Å². The van der Waals surface area contributed by atoms with Crippen LogP contribution in [0.4, 0.5) is 5.69 Å². The molecule has 0 aliphatic heterocycles. The number of aromatic carboxylic acids is 1. The van der Waals surface area contributed by atoms with E-state index in [2.05, 4.69) is 10.5 Å². The Bertz CT molecular complexity index is 727. The fourth-order valence-corrected chi connectivity index (χ4v) is 2.51. The van der Waals surface area contributed by atoms with E-state index in [1.165, 1.54) is 12.1 Å². The van der Waals surface area contributed by atoms with Gasteiger partial charge in [-0.25, -0.2) is 4.79 Å². The van der Waals surface area contributed by atoms with Crippen molar-refractivity contribution < 1.29 is 14.6 Å². The molecule has 2 aromatic rings. The molecular weight excluding hydrogens is 312 g/mol. The smallest absolute Gasteiger partial charge is 0.335 e. The van der Waals surface area contributed by atoms with Crippen molar-refractivity contribution in [2.75, 3.05) is 18.8 Å². The molecule has 2 aromatic carbocycles. The van der Waals surface area contributed by atoms with Crippen molar-refractivity contribution in [2.45, 2.75) is 11.8 Å². The maximum absolute atomic E-state index is 10.8. The second-order valence-electron chi connectivity index (χ2n) is 4.76. The van der Waals surface area contributed by atoms with Crippen LogP contribution in [0.5, 0.6) is 5.75 Å². The second-order valence-corrected chi connectivity index (χ2v) is 5.61. The Morgan fingerprint density at radius 3 is 2.39 bits per heavy atom. The predicted molar refractivity (Wildman–Crippen MR) is 94.0 cm³/mol. The Kier molecular flexibility index (Phi) is 5.65. The highest BCUT2D eigenvalue weighted by molar-refractivity contribution is 7.98. The number of ether oxygens (including phenoxy) is 1. The number of rotatable bonds is 6. The van der Waals surface area contributed by atoms with Gasteiger partial charge in [-0.05, 0) is 49.6 Å². The number of carboxylic acid groups (broad SMARTS) is 1. The van der Waals surface area contributed by atoms with Crippen LogP contribution < -0.4 is 10.2 Å². The van der Waals surface area contributed by atoms with E-state index in [4.69, 9.17) is 9.84 Å². The lowest BCUT2D eigenvalue weighted by molar-refractivity contribution is 0.0697. The molecule has 2 N–H and O–H groups in total. The van der Waals surface area contributed by atoms with Gasteiger partial charge < -0.3 is 9.84 Å². The summed E-state index contributed by atoms with van der Waals surface area (Å²) in [5.41, 5.74) is 5.65. The van der Waals surface area contributed by atoms with Crippen molar-refractivity contribution in [2.24, 2.45) is 5.10 Å². The topological polar surface area (TPSA) is 70.9 Å². The molecule has 0 atom stereocenters. The first kappa shape index (κ1) is 16.9. The Labute approximate surface area is 139 Å². The molecule has 23 heavy (non-hydrogen) atoms. The Morgan fingerprint density at radius 1 is 1.17 bits per heavy atom. The zero-order valence-electron chi connectivity index (χ0n) is 13.2. The zero-order chi connectivity index (χ0) is 16.8. The summed E-state index contributed by atoms with van der Waals surface area (Å²) >= 11 is 1.63. The number of carbonyl (C=O) groups is 1. The van der Waals surface area contributed by atoms with Crippen molar-refractivity contribution in [1.82, 2.24) is 0 Å².